The van der Waals surface area contributed by atoms with E-state index < -0.39 is 12.1 Å². The number of nitrogens with zero attached hydrogens (tertiary/aromatic N) is 2. The summed E-state index contributed by atoms with van der Waals surface area (Å²) < 4.78 is 5.37. The van der Waals surface area contributed by atoms with Crippen LogP contribution >= 0.6 is 0 Å². The molecule has 0 aliphatic heterocycles. The first-order valence-corrected chi connectivity index (χ1v) is 8.62. The van der Waals surface area contributed by atoms with Gasteiger partial charge in [0.15, 0.2) is 6.10 Å². The summed E-state index contributed by atoms with van der Waals surface area (Å²) in [5, 5.41) is 9.76. The SMILES string of the molecule is C[C@H](OC(=O)c1cc2ccccc2[nH]1)C(=O)N(CCC#N)c1ccccc1. The summed E-state index contributed by atoms with van der Waals surface area (Å²) >= 11 is 0. The molecule has 1 heterocycles. The van der Waals surface area contributed by atoms with Crippen LogP contribution in [0.15, 0.2) is 60.7 Å². The second-order valence-corrected chi connectivity index (χ2v) is 6.05. The summed E-state index contributed by atoms with van der Waals surface area (Å²) in [5.41, 5.74) is 1.77. The maximum Gasteiger partial charge on any atom is 0.355 e. The van der Waals surface area contributed by atoms with Gasteiger partial charge in [0, 0.05) is 23.1 Å². The Morgan fingerprint density at radius 1 is 1.15 bits per heavy atom. The lowest BCUT2D eigenvalue weighted by Gasteiger charge is -2.25. The van der Waals surface area contributed by atoms with E-state index >= 15 is 0 Å². The molecule has 27 heavy (non-hydrogen) atoms. The van der Waals surface area contributed by atoms with Crippen molar-refractivity contribution in [3.63, 3.8) is 0 Å². The van der Waals surface area contributed by atoms with Gasteiger partial charge in [0.1, 0.15) is 5.69 Å². The molecule has 3 rings (SSSR count). The number of nitrogens with one attached hydrogen (secondary N) is 1. The lowest BCUT2D eigenvalue weighted by molar-refractivity contribution is -0.126. The van der Waals surface area contributed by atoms with Crippen molar-refractivity contribution < 1.29 is 14.3 Å². The van der Waals surface area contributed by atoms with Gasteiger partial charge >= 0.3 is 5.97 Å². The summed E-state index contributed by atoms with van der Waals surface area (Å²) in [4.78, 5) is 29.7. The Hall–Kier alpha value is -3.59. The van der Waals surface area contributed by atoms with E-state index in [1.807, 2.05) is 48.5 Å². The fourth-order valence-corrected chi connectivity index (χ4v) is 2.81. The molecule has 1 aromatic heterocycles. The number of H-pyrrole nitrogens is 1. The van der Waals surface area contributed by atoms with Crippen molar-refractivity contribution in [1.82, 2.24) is 4.98 Å². The monoisotopic (exact) mass is 361 g/mol. The topological polar surface area (TPSA) is 86.2 Å². The third-order valence-electron chi connectivity index (χ3n) is 4.16. The number of carbonyl (C=O) groups excluding carboxylic acids is 2. The summed E-state index contributed by atoms with van der Waals surface area (Å²) in [6.07, 6.45) is -0.800. The molecule has 0 aliphatic carbocycles. The molecule has 0 fully saturated rings. The predicted octanol–water partition coefficient (Wildman–Crippen LogP) is 3.66. The molecule has 3 aromatic rings. The number of carbonyl (C=O) groups is 2. The van der Waals surface area contributed by atoms with Gasteiger partial charge in [-0.05, 0) is 31.2 Å². The van der Waals surface area contributed by atoms with Crippen molar-refractivity contribution in [1.29, 1.82) is 5.26 Å². The molecule has 1 amide bonds. The normalized spacial score (nSPS) is 11.6. The minimum absolute atomic E-state index is 0.184. The number of ether oxygens (including phenoxy) is 1. The van der Waals surface area contributed by atoms with Crippen LogP contribution in [-0.2, 0) is 9.53 Å². The number of anilines is 1. The van der Waals surface area contributed by atoms with Gasteiger partial charge in [0.05, 0.1) is 12.5 Å². The van der Waals surface area contributed by atoms with Crippen LogP contribution in [0.1, 0.15) is 23.8 Å². The fraction of sp³-hybridized carbons (Fsp3) is 0.190. The number of hydrogen-bond acceptors (Lipinski definition) is 4. The fourth-order valence-electron chi connectivity index (χ4n) is 2.81. The van der Waals surface area contributed by atoms with Crippen LogP contribution in [0.5, 0.6) is 0 Å². The van der Waals surface area contributed by atoms with Crippen LogP contribution in [0.4, 0.5) is 5.69 Å². The van der Waals surface area contributed by atoms with Crippen LogP contribution in [0.2, 0.25) is 0 Å². The minimum atomic E-state index is -0.984. The zero-order valence-electron chi connectivity index (χ0n) is 14.9. The second kappa shape index (κ2) is 8.19. The Bertz CT molecular complexity index is 956. The molecule has 0 spiro atoms. The Labute approximate surface area is 157 Å². The molecule has 0 saturated heterocycles. The number of amides is 1. The van der Waals surface area contributed by atoms with Gasteiger partial charge in [0.25, 0.3) is 5.91 Å². The van der Waals surface area contributed by atoms with Crippen LogP contribution in [0.3, 0.4) is 0 Å². The zero-order chi connectivity index (χ0) is 19.2. The molecule has 0 unspecified atom stereocenters. The van der Waals surface area contributed by atoms with Crippen molar-refractivity contribution in [2.75, 3.05) is 11.4 Å². The van der Waals surface area contributed by atoms with Gasteiger partial charge in [-0.3, -0.25) is 4.79 Å². The lowest BCUT2D eigenvalue weighted by Crippen LogP contribution is -2.40. The van der Waals surface area contributed by atoms with Gasteiger partial charge < -0.3 is 14.6 Å². The number of nitriles is 1. The summed E-state index contributed by atoms with van der Waals surface area (Å²) in [7, 11) is 0. The van der Waals surface area contributed by atoms with E-state index in [2.05, 4.69) is 4.98 Å². The molecule has 1 N–H and O–H groups in total. The quantitative estimate of drug-likeness (QED) is 0.679. The van der Waals surface area contributed by atoms with Crippen LogP contribution in [0.25, 0.3) is 10.9 Å². The van der Waals surface area contributed by atoms with Crippen molar-refractivity contribution in [2.24, 2.45) is 0 Å². The van der Waals surface area contributed by atoms with E-state index in [4.69, 9.17) is 10.00 Å². The zero-order valence-corrected chi connectivity index (χ0v) is 14.9. The second-order valence-electron chi connectivity index (χ2n) is 6.05. The number of rotatable bonds is 6. The molecule has 0 saturated carbocycles. The Morgan fingerprint density at radius 3 is 2.56 bits per heavy atom. The maximum absolute atomic E-state index is 12.8. The Morgan fingerprint density at radius 2 is 1.85 bits per heavy atom. The molecule has 1 atom stereocenters. The molecule has 0 radical (unpaired) electrons. The van der Waals surface area contributed by atoms with Crippen LogP contribution in [-0.4, -0.2) is 29.5 Å². The summed E-state index contributed by atoms with van der Waals surface area (Å²) in [6.45, 7) is 1.76. The smallest absolute Gasteiger partial charge is 0.355 e. The highest BCUT2D eigenvalue weighted by Crippen LogP contribution is 2.18. The van der Waals surface area contributed by atoms with E-state index in [9.17, 15) is 9.59 Å². The van der Waals surface area contributed by atoms with Crippen molar-refractivity contribution >= 4 is 28.5 Å². The first kappa shape index (κ1) is 18.2. The number of fused-ring (bicyclic) bond motifs is 1. The summed E-state index contributed by atoms with van der Waals surface area (Å²) in [6, 6.07) is 20.2. The standard InChI is InChI=1S/C21H19N3O3/c1-15(20(25)24(13-7-12-22)17-9-3-2-4-10-17)27-21(26)19-14-16-8-5-6-11-18(16)23-19/h2-6,8-11,14-15,23H,7,13H2,1H3/t15-/m0/s1. The Kier molecular flexibility index (Phi) is 5.53. The Balaban J connectivity index is 1.74. The van der Waals surface area contributed by atoms with E-state index in [1.165, 1.54) is 11.8 Å². The van der Waals surface area contributed by atoms with Crippen molar-refractivity contribution in [3.05, 3.63) is 66.4 Å². The number of para-hydroxylation sites is 2. The van der Waals surface area contributed by atoms with Gasteiger partial charge in [0.2, 0.25) is 0 Å². The first-order chi connectivity index (χ1) is 13.1. The molecule has 0 bridgehead atoms. The number of aromatic amines is 1. The number of hydrogen-bond donors (Lipinski definition) is 1. The molecule has 0 aliphatic rings. The first-order valence-electron chi connectivity index (χ1n) is 8.62. The van der Waals surface area contributed by atoms with Gasteiger partial charge in [-0.15, -0.1) is 0 Å². The molecule has 6 heteroatoms. The number of esters is 1. The average Bonchev–Trinajstić information content (AvgIpc) is 3.13. The van der Waals surface area contributed by atoms with Crippen LogP contribution < -0.4 is 4.90 Å². The highest BCUT2D eigenvalue weighted by Gasteiger charge is 2.26. The predicted molar refractivity (Wildman–Crippen MR) is 102 cm³/mol. The highest BCUT2D eigenvalue weighted by atomic mass is 16.5. The van der Waals surface area contributed by atoms with E-state index in [0.717, 1.165) is 10.9 Å². The number of benzene rings is 2. The van der Waals surface area contributed by atoms with Crippen molar-refractivity contribution in [2.45, 2.75) is 19.4 Å². The minimum Gasteiger partial charge on any atom is -0.448 e. The third-order valence-corrected chi connectivity index (χ3v) is 4.16. The van der Waals surface area contributed by atoms with E-state index in [-0.39, 0.29) is 18.9 Å². The number of aromatic nitrogens is 1. The molecular formula is C21H19N3O3. The van der Waals surface area contributed by atoms with Gasteiger partial charge in [-0.25, -0.2) is 4.79 Å². The average molecular weight is 361 g/mol. The van der Waals surface area contributed by atoms with Crippen molar-refractivity contribution in [3.8, 4) is 6.07 Å². The highest BCUT2D eigenvalue weighted by molar-refractivity contribution is 6.00. The third kappa shape index (κ3) is 4.15. The van der Waals surface area contributed by atoms with Gasteiger partial charge in [-0.2, -0.15) is 5.26 Å². The lowest BCUT2D eigenvalue weighted by atomic mass is 10.2. The largest absolute Gasteiger partial charge is 0.448 e. The molecule has 136 valence electrons. The van der Waals surface area contributed by atoms with E-state index in [0.29, 0.717) is 11.4 Å². The molecule has 2 aromatic carbocycles. The maximum atomic E-state index is 12.8. The van der Waals surface area contributed by atoms with Gasteiger partial charge in [-0.1, -0.05) is 36.4 Å². The van der Waals surface area contributed by atoms with E-state index in [1.54, 1.807) is 18.2 Å². The van der Waals surface area contributed by atoms with Crippen LogP contribution in [0, 0.1) is 11.3 Å². The molecule has 6 nitrogen and oxygen atoms in total. The summed E-state index contributed by atoms with van der Waals surface area (Å²) in [5.74, 6) is -0.971. The molecular weight excluding hydrogens is 342 g/mol.